The van der Waals surface area contributed by atoms with Crippen LogP contribution in [0.25, 0.3) is 0 Å². The molecule has 2 aromatic carbocycles. The zero-order valence-electron chi connectivity index (χ0n) is 16.2. The van der Waals surface area contributed by atoms with Crippen molar-refractivity contribution in [1.82, 2.24) is 4.31 Å². The number of nitrogens with one attached hydrogen (secondary N) is 1. The summed E-state index contributed by atoms with van der Waals surface area (Å²) in [6.07, 6.45) is 4.55. The maximum Gasteiger partial charge on any atom is 0.243 e. The molecule has 1 fully saturated rings. The van der Waals surface area contributed by atoms with Crippen molar-refractivity contribution in [1.29, 1.82) is 0 Å². The quantitative estimate of drug-likeness (QED) is 0.581. The number of anilines is 1. The summed E-state index contributed by atoms with van der Waals surface area (Å²) in [5.41, 5.74) is 1.45. The average molecular weight is 500 g/mol. The summed E-state index contributed by atoms with van der Waals surface area (Å²) in [6.45, 7) is 1.64. The molecule has 0 saturated heterocycles. The van der Waals surface area contributed by atoms with Crippen LogP contribution in [-0.4, -0.2) is 31.2 Å². The van der Waals surface area contributed by atoms with Gasteiger partial charge in [-0.05, 0) is 61.7 Å². The lowest BCUT2D eigenvalue weighted by molar-refractivity contribution is -0.116. The molecule has 156 valence electrons. The van der Waals surface area contributed by atoms with Gasteiger partial charge in [-0.1, -0.05) is 52.9 Å². The number of rotatable bonds is 6. The van der Waals surface area contributed by atoms with Gasteiger partial charge in [0, 0.05) is 21.2 Å². The van der Waals surface area contributed by atoms with Gasteiger partial charge in [-0.2, -0.15) is 4.31 Å². The highest BCUT2D eigenvalue weighted by molar-refractivity contribution is 9.10. The first-order valence-corrected chi connectivity index (χ1v) is 12.2. The Kier molecular flexibility index (Phi) is 7.37. The summed E-state index contributed by atoms with van der Waals surface area (Å²) >= 11 is 9.36. The topological polar surface area (TPSA) is 66.5 Å². The number of hydrogen-bond acceptors (Lipinski definition) is 3. The molecule has 8 heteroatoms. The number of amides is 1. The van der Waals surface area contributed by atoms with Crippen molar-refractivity contribution in [2.45, 2.75) is 50.0 Å². The lowest BCUT2D eigenvalue weighted by atomic mass is 9.95. The third-order valence-corrected chi connectivity index (χ3v) is 7.85. The van der Waals surface area contributed by atoms with Crippen molar-refractivity contribution in [3.63, 3.8) is 0 Å². The van der Waals surface area contributed by atoms with Crippen LogP contribution in [0.5, 0.6) is 0 Å². The van der Waals surface area contributed by atoms with Crippen molar-refractivity contribution in [3.8, 4) is 0 Å². The fourth-order valence-electron chi connectivity index (χ4n) is 3.58. The second kappa shape index (κ2) is 9.60. The minimum atomic E-state index is -3.80. The summed E-state index contributed by atoms with van der Waals surface area (Å²) < 4.78 is 28.9. The van der Waals surface area contributed by atoms with Gasteiger partial charge in [0.25, 0.3) is 0 Å². The number of aryl methyl sites for hydroxylation is 1. The maximum atomic E-state index is 13.4. The van der Waals surface area contributed by atoms with Crippen LogP contribution in [0.1, 0.15) is 37.7 Å². The molecule has 0 atom stereocenters. The van der Waals surface area contributed by atoms with Gasteiger partial charge in [0.15, 0.2) is 0 Å². The van der Waals surface area contributed by atoms with E-state index in [0.29, 0.717) is 10.7 Å². The fourth-order valence-corrected chi connectivity index (χ4v) is 5.66. The number of carbonyl (C=O) groups is 1. The standard InChI is InChI=1S/C21H24BrClN2O3S/c1-15-7-10-17(23)13-20(15)24-21(26)14-25(18-5-3-2-4-6-18)29(27,28)19-11-8-16(22)9-12-19/h7-13,18H,2-6,14H2,1H3,(H,24,26). The molecule has 1 saturated carbocycles. The Morgan fingerprint density at radius 3 is 2.45 bits per heavy atom. The van der Waals surface area contributed by atoms with Crippen LogP contribution in [-0.2, 0) is 14.8 Å². The van der Waals surface area contributed by atoms with Crippen molar-refractivity contribution >= 4 is 49.1 Å². The Labute approximate surface area is 185 Å². The van der Waals surface area contributed by atoms with Crippen LogP contribution in [0.4, 0.5) is 5.69 Å². The van der Waals surface area contributed by atoms with Crippen LogP contribution in [0.15, 0.2) is 51.8 Å². The molecular weight excluding hydrogens is 476 g/mol. The monoisotopic (exact) mass is 498 g/mol. The first kappa shape index (κ1) is 22.3. The predicted octanol–water partition coefficient (Wildman–Crippen LogP) is 5.37. The van der Waals surface area contributed by atoms with E-state index in [9.17, 15) is 13.2 Å². The zero-order valence-corrected chi connectivity index (χ0v) is 19.4. The van der Waals surface area contributed by atoms with Gasteiger partial charge >= 0.3 is 0 Å². The number of halogens is 2. The van der Waals surface area contributed by atoms with Crippen molar-refractivity contribution in [2.24, 2.45) is 0 Å². The van der Waals surface area contributed by atoms with E-state index in [1.165, 1.54) is 4.31 Å². The molecule has 1 N–H and O–H groups in total. The Bertz CT molecular complexity index is 974. The van der Waals surface area contributed by atoms with Crippen molar-refractivity contribution < 1.29 is 13.2 Å². The summed E-state index contributed by atoms with van der Waals surface area (Å²) in [5, 5.41) is 3.33. The molecule has 0 heterocycles. The van der Waals surface area contributed by atoms with Crippen LogP contribution in [0, 0.1) is 6.92 Å². The van der Waals surface area contributed by atoms with Crippen LogP contribution < -0.4 is 5.32 Å². The minimum Gasteiger partial charge on any atom is -0.325 e. The van der Waals surface area contributed by atoms with E-state index < -0.39 is 10.0 Å². The number of benzene rings is 2. The molecule has 1 aliphatic rings. The zero-order chi connectivity index (χ0) is 21.0. The Hall–Kier alpha value is -1.41. The van der Waals surface area contributed by atoms with Crippen molar-refractivity contribution in [2.75, 3.05) is 11.9 Å². The number of hydrogen-bond donors (Lipinski definition) is 1. The van der Waals surface area contributed by atoms with Gasteiger partial charge in [0.05, 0.1) is 11.4 Å². The molecule has 1 amide bonds. The van der Waals surface area contributed by atoms with Gasteiger partial charge in [-0.3, -0.25) is 4.79 Å². The molecule has 29 heavy (non-hydrogen) atoms. The molecule has 0 radical (unpaired) electrons. The van der Waals surface area contributed by atoms with Gasteiger partial charge in [0.1, 0.15) is 0 Å². The van der Waals surface area contributed by atoms with E-state index in [2.05, 4.69) is 21.2 Å². The van der Waals surface area contributed by atoms with Gasteiger partial charge in [-0.15, -0.1) is 0 Å². The first-order valence-electron chi connectivity index (χ1n) is 9.61. The molecule has 0 spiro atoms. The maximum absolute atomic E-state index is 13.4. The summed E-state index contributed by atoms with van der Waals surface area (Å²) in [7, 11) is -3.80. The number of nitrogens with zero attached hydrogens (tertiary/aromatic N) is 1. The van der Waals surface area contributed by atoms with Crippen LogP contribution in [0.2, 0.25) is 5.02 Å². The third kappa shape index (κ3) is 5.60. The second-order valence-corrected chi connectivity index (χ2v) is 10.5. The fraction of sp³-hybridized carbons (Fsp3) is 0.381. The van der Waals surface area contributed by atoms with E-state index in [1.54, 1.807) is 36.4 Å². The number of sulfonamides is 1. The Morgan fingerprint density at radius 2 is 1.79 bits per heavy atom. The minimum absolute atomic E-state index is 0.177. The third-order valence-electron chi connectivity index (χ3n) is 5.18. The largest absolute Gasteiger partial charge is 0.325 e. The number of carbonyl (C=O) groups excluding carboxylic acids is 1. The normalized spacial score (nSPS) is 15.4. The van der Waals surface area contributed by atoms with E-state index >= 15 is 0 Å². The smallest absolute Gasteiger partial charge is 0.243 e. The highest BCUT2D eigenvalue weighted by Gasteiger charge is 2.34. The molecule has 0 aliphatic heterocycles. The molecule has 1 aliphatic carbocycles. The highest BCUT2D eigenvalue weighted by atomic mass is 79.9. The van der Waals surface area contributed by atoms with E-state index in [1.807, 2.05) is 13.0 Å². The summed E-state index contributed by atoms with van der Waals surface area (Å²) in [4.78, 5) is 13.0. The van der Waals surface area contributed by atoms with Gasteiger partial charge in [-0.25, -0.2) is 8.42 Å². The summed E-state index contributed by atoms with van der Waals surface area (Å²) in [5.74, 6) is -0.373. The Morgan fingerprint density at radius 1 is 1.14 bits per heavy atom. The average Bonchev–Trinajstić information content (AvgIpc) is 2.70. The van der Waals surface area contributed by atoms with E-state index in [4.69, 9.17) is 11.6 Å². The first-order chi connectivity index (χ1) is 13.8. The SMILES string of the molecule is Cc1ccc(Cl)cc1NC(=O)CN(C1CCCCC1)S(=O)(=O)c1ccc(Br)cc1. The van der Waals surface area contributed by atoms with E-state index in [0.717, 1.165) is 42.1 Å². The molecule has 3 rings (SSSR count). The highest BCUT2D eigenvalue weighted by Crippen LogP contribution is 2.29. The van der Waals surface area contributed by atoms with Crippen LogP contribution in [0.3, 0.4) is 0 Å². The van der Waals surface area contributed by atoms with Gasteiger partial charge in [0.2, 0.25) is 15.9 Å². The predicted molar refractivity (Wildman–Crippen MR) is 120 cm³/mol. The molecular formula is C21H24BrClN2O3S. The molecule has 0 aromatic heterocycles. The molecule has 2 aromatic rings. The lowest BCUT2D eigenvalue weighted by Crippen LogP contribution is -2.45. The van der Waals surface area contributed by atoms with Crippen LogP contribution >= 0.6 is 27.5 Å². The van der Waals surface area contributed by atoms with E-state index in [-0.39, 0.29) is 23.4 Å². The summed E-state index contributed by atoms with van der Waals surface area (Å²) in [6, 6.07) is 11.6. The molecule has 0 bridgehead atoms. The Balaban J connectivity index is 1.86. The second-order valence-electron chi connectivity index (χ2n) is 7.30. The lowest BCUT2D eigenvalue weighted by Gasteiger charge is -2.33. The van der Waals surface area contributed by atoms with Gasteiger partial charge < -0.3 is 5.32 Å². The molecule has 0 unspecified atom stereocenters. The molecule has 5 nitrogen and oxygen atoms in total. The van der Waals surface area contributed by atoms with Crippen molar-refractivity contribution in [3.05, 3.63) is 57.5 Å².